The van der Waals surface area contributed by atoms with Crippen molar-refractivity contribution in [1.29, 1.82) is 0 Å². The highest BCUT2D eigenvalue weighted by Crippen LogP contribution is 2.52. The third kappa shape index (κ3) is 4.94. The fraction of sp³-hybridized carbons (Fsp3) is 0.300. The van der Waals surface area contributed by atoms with Crippen molar-refractivity contribution in [2.24, 2.45) is 0 Å². The SMILES string of the molecule is C/C=C/c1cc(OC)c2c(c1)[C@H](C)[C@@H](c1ccc(OC(=O)[C@@](OC)(c3ccccc3)C(F)(F)F)c(OC)c1)O2. The van der Waals surface area contributed by atoms with Crippen LogP contribution in [0.25, 0.3) is 6.08 Å². The Kier molecular flexibility index (Phi) is 7.92. The summed E-state index contributed by atoms with van der Waals surface area (Å²) in [4.78, 5) is 13.1. The minimum atomic E-state index is -5.10. The Bertz CT molecular complexity index is 1370. The van der Waals surface area contributed by atoms with Crippen LogP contribution >= 0.6 is 0 Å². The van der Waals surface area contributed by atoms with E-state index in [0.29, 0.717) is 17.1 Å². The summed E-state index contributed by atoms with van der Waals surface area (Å²) in [7, 11) is 3.72. The van der Waals surface area contributed by atoms with Crippen molar-refractivity contribution < 1.29 is 41.7 Å². The molecule has 0 aliphatic carbocycles. The predicted molar refractivity (Wildman–Crippen MR) is 139 cm³/mol. The summed E-state index contributed by atoms with van der Waals surface area (Å²) in [5, 5.41) is 0. The van der Waals surface area contributed by atoms with Gasteiger partial charge in [0.25, 0.3) is 5.60 Å². The van der Waals surface area contributed by atoms with E-state index in [1.165, 1.54) is 31.4 Å². The van der Waals surface area contributed by atoms with Crippen LogP contribution in [-0.2, 0) is 15.1 Å². The lowest BCUT2D eigenvalue weighted by Crippen LogP contribution is -2.52. The van der Waals surface area contributed by atoms with Gasteiger partial charge in [-0.1, -0.05) is 55.5 Å². The number of allylic oxidation sites excluding steroid dienone is 1. The van der Waals surface area contributed by atoms with Crippen LogP contribution < -0.4 is 18.9 Å². The molecule has 9 heteroatoms. The summed E-state index contributed by atoms with van der Waals surface area (Å²) in [5.41, 5.74) is -1.13. The molecular weight excluding hydrogens is 513 g/mol. The first kappa shape index (κ1) is 28.0. The van der Waals surface area contributed by atoms with Crippen LogP contribution in [0, 0.1) is 0 Å². The van der Waals surface area contributed by atoms with Gasteiger partial charge in [0.05, 0.1) is 14.2 Å². The molecule has 0 saturated carbocycles. The van der Waals surface area contributed by atoms with Crippen molar-refractivity contribution >= 4 is 12.0 Å². The maximum absolute atomic E-state index is 14.3. The Balaban J connectivity index is 1.67. The van der Waals surface area contributed by atoms with Crippen LogP contribution in [0.15, 0.2) is 66.7 Å². The molecule has 4 rings (SSSR count). The third-order valence-electron chi connectivity index (χ3n) is 6.77. The number of fused-ring (bicyclic) bond motifs is 1. The molecule has 3 atom stereocenters. The smallest absolute Gasteiger partial charge is 0.432 e. The minimum absolute atomic E-state index is 0.0643. The number of ether oxygens (including phenoxy) is 5. The number of alkyl halides is 3. The zero-order valence-corrected chi connectivity index (χ0v) is 22.2. The largest absolute Gasteiger partial charge is 0.493 e. The molecule has 3 aromatic rings. The Morgan fingerprint density at radius 2 is 1.62 bits per heavy atom. The van der Waals surface area contributed by atoms with Crippen LogP contribution in [0.1, 0.15) is 48.1 Å². The number of methoxy groups -OCH3 is 3. The number of rotatable bonds is 8. The first-order chi connectivity index (χ1) is 18.6. The van der Waals surface area contributed by atoms with E-state index in [1.54, 1.807) is 19.2 Å². The molecule has 3 aromatic carbocycles. The van der Waals surface area contributed by atoms with Gasteiger partial charge in [0.2, 0.25) is 0 Å². The van der Waals surface area contributed by atoms with Gasteiger partial charge in [-0.05, 0) is 42.3 Å². The molecule has 0 bridgehead atoms. The van der Waals surface area contributed by atoms with Gasteiger partial charge in [-0.15, -0.1) is 0 Å². The molecule has 6 nitrogen and oxygen atoms in total. The van der Waals surface area contributed by atoms with Crippen molar-refractivity contribution in [2.45, 2.75) is 37.6 Å². The quantitative estimate of drug-likeness (QED) is 0.226. The van der Waals surface area contributed by atoms with Gasteiger partial charge in [-0.3, -0.25) is 0 Å². The van der Waals surface area contributed by atoms with Crippen molar-refractivity contribution in [3.8, 4) is 23.0 Å². The summed E-state index contributed by atoms with van der Waals surface area (Å²) in [6.45, 7) is 3.93. The van der Waals surface area contributed by atoms with E-state index in [9.17, 15) is 18.0 Å². The Hall–Kier alpha value is -3.98. The molecule has 0 saturated heterocycles. The fourth-order valence-electron chi connectivity index (χ4n) is 4.80. The average molecular weight is 543 g/mol. The molecular formula is C30H29F3O6. The van der Waals surface area contributed by atoms with Crippen LogP contribution in [0.5, 0.6) is 23.0 Å². The predicted octanol–water partition coefficient (Wildman–Crippen LogP) is 6.98. The maximum atomic E-state index is 14.3. The van der Waals surface area contributed by atoms with Gasteiger partial charge in [0.1, 0.15) is 6.10 Å². The molecule has 0 aromatic heterocycles. The number of esters is 1. The standard InChI is InChI=1S/C30H29F3O6/c1-6-10-19-15-22-18(2)26(39-27(22)25(16-19)36-4)20-13-14-23(24(17-20)35-3)38-28(34)29(37-5,30(31,32)33)21-11-8-7-9-12-21/h6-18,26H,1-5H3/b10-6+/t18-,26-,29-/m0/s1. The van der Waals surface area contributed by atoms with Gasteiger partial charge < -0.3 is 23.7 Å². The third-order valence-corrected chi connectivity index (χ3v) is 6.77. The second-order valence-corrected chi connectivity index (χ2v) is 9.02. The number of benzene rings is 3. The molecule has 0 N–H and O–H groups in total. The Morgan fingerprint density at radius 3 is 2.21 bits per heavy atom. The summed E-state index contributed by atoms with van der Waals surface area (Å²) in [6, 6.07) is 15.1. The van der Waals surface area contributed by atoms with Gasteiger partial charge in [0.15, 0.2) is 23.0 Å². The lowest BCUT2D eigenvalue weighted by Gasteiger charge is -2.32. The lowest BCUT2D eigenvalue weighted by molar-refractivity contribution is -0.272. The summed E-state index contributed by atoms with van der Waals surface area (Å²) in [6.07, 6.45) is -1.65. The molecule has 0 amide bonds. The normalized spacial score (nSPS) is 18.3. The van der Waals surface area contributed by atoms with Crippen LogP contribution in [0.3, 0.4) is 0 Å². The number of carbonyl (C=O) groups is 1. The minimum Gasteiger partial charge on any atom is -0.493 e. The zero-order chi connectivity index (χ0) is 28.4. The molecule has 206 valence electrons. The van der Waals surface area contributed by atoms with Gasteiger partial charge in [-0.2, -0.15) is 13.2 Å². The van der Waals surface area contributed by atoms with Crippen molar-refractivity contribution in [3.05, 3.63) is 89.0 Å². The first-order valence-electron chi connectivity index (χ1n) is 12.2. The molecule has 39 heavy (non-hydrogen) atoms. The molecule has 0 radical (unpaired) electrons. The van der Waals surface area contributed by atoms with E-state index in [-0.39, 0.29) is 17.4 Å². The molecule has 1 heterocycles. The molecule has 0 spiro atoms. The van der Waals surface area contributed by atoms with Crippen LogP contribution in [-0.4, -0.2) is 33.5 Å². The Labute approximate surface area is 224 Å². The second-order valence-electron chi connectivity index (χ2n) is 9.02. The molecule has 1 aliphatic rings. The first-order valence-corrected chi connectivity index (χ1v) is 12.2. The number of halogens is 3. The maximum Gasteiger partial charge on any atom is 0.432 e. The van der Waals surface area contributed by atoms with Gasteiger partial charge >= 0.3 is 12.1 Å². The van der Waals surface area contributed by atoms with Gasteiger partial charge in [-0.25, -0.2) is 4.79 Å². The van der Waals surface area contributed by atoms with Crippen molar-refractivity contribution in [2.75, 3.05) is 21.3 Å². The zero-order valence-electron chi connectivity index (χ0n) is 22.2. The highest BCUT2D eigenvalue weighted by Gasteiger charge is 2.64. The summed E-state index contributed by atoms with van der Waals surface area (Å²) < 4.78 is 70.2. The highest BCUT2D eigenvalue weighted by atomic mass is 19.4. The topological polar surface area (TPSA) is 63.2 Å². The van der Waals surface area contributed by atoms with E-state index in [1.807, 2.05) is 38.1 Å². The number of carbonyl (C=O) groups excluding carboxylic acids is 1. The average Bonchev–Trinajstić information content (AvgIpc) is 3.25. The van der Waals surface area contributed by atoms with E-state index in [4.69, 9.17) is 23.7 Å². The summed E-state index contributed by atoms with van der Waals surface area (Å²) >= 11 is 0. The van der Waals surface area contributed by atoms with Crippen LogP contribution in [0.2, 0.25) is 0 Å². The second kappa shape index (κ2) is 11.0. The van der Waals surface area contributed by atoms with Gasteiger partial charge in [0, 0.05) is 24.2 Å². The van der Waals surface area contributed by atoms with Crippen molar-refractivity contribution in [1.82, 2.24) is 0 Å². The van der Waals surface area contributed by atoms with E-state index < -0.39 is 29.4 Å². The van der Waals surface area contributed by atoms with Crippen molar-refractivity contribution in [3.63, 3.8) is 0 Å². The molecule has 0 unspecified atom stereocenters. The highest BCUT2D eigenvalue weighted by molar-refractivity contribution is 5.85. The lowest BCUT2D eigenvalue weighted by atomic mass is 9.91. The number of hydrogen-bond acceptors (Lipinski definition) is 6. The Morgan fingerprint density at radius 1 is 0.923 bits per heavy atom. The fourth-order valence-corrected chi connectivity index (χ4v) is 4.80. The number of hydrogen-bond donors (Lipinski definition) is 0. The van der Waals surface area contributed by atoms with E-state index in [0.717, 1.165) is 30.4 Å². The molecule has 1 aliphatic heterocycles. The van der Waals surface area contributed by atoms with Crippen LogP contribution in [0.4, 0.5) is 13.2 Å². The molecule has 0 fully saturated rings. The summed E-state index contributed by atoms with van der Waals surface area (Å²) in [5.74, 6) is -0.638. The van der Waals surface area contributed by atoms with E-state index >= 15 is 0 Å². The monoisotopic (exact) mass is 542 g/mol. The van der Waals surface area contributed by atoms with E-state index in [2.05, 4.69) is 0 Å².